The Morgan fingerprint density at radius 3 is 2.51 bits per heavy atom. The summed E-state index contributed by atoms with van der Waals surface area (Å²) in [5.41, 5.74) is 0.403. The summed E-state index contributed by atoms with van der Waals surface area (Å²) in [5, 5.41) is 19.8. The van der Waals surface area contributed by atoms with Gasteiger partial charge in [0.05, 0.1) is 17.5 Å². The maximum absolute atomic E-state index is 14.1. The SMILES string of the molecule is CC(C)(C)C[C@H](NC(=O)[C@H](CC1CC1)NC1CCCCC1)C(=O)N1C[C@]2(C[C@H]1C#N)C(=O)Nc1ccccc12. The summed E-state index contributed by atoms with van der Waals surface area (Å²) in [5.74, 6) is -0.00373. The van der Waals surface area contributed by atoms with Gasteiger partial charge in [-0.05, 0) is 48.6 Å². The van der Waals surface area contributed by atoms with Crippen LogP contribution in [0, 0.1) is 22.7 Å². The van der Waals surface area contributed by atoms with Gasteiger partial charge in [0.1, 0.15) is 12.1 Å². The molecule has 39 heavy (non-hydrogen) atoms. The fourth-order valence-electron chi connectivity index (χ4n) is 6.76. The van der Waals surface area contributed by atoms with Crippen LogP contribution >= 0.6 is 0 Å². The molecule has 0 aromatic heterocycles. The van der Waals surface area contributed by atoms with E-state index in [2.05, 4.69) is 42.8 Å². The van der Waals surface area contributed by atoms with Crippen molar-refractivity contribution in [1.82, 2.24) is 15.5 Å². The maximum atomic E-state index is 14.1. The second-order valence-electron chi connectivity index (χ2n) is 13.5. The van der Waals surface area contributed by atoms with E-state index in [-0.39, 0.29) is 42.1 Å². The van der Waals surface area contributed by atoms with Crippen molar-refractivity contribution in [2.45, 2.75) is 115 Å². The van der Waals surface area contributed by atoms with Crippen LogP contribution in [-0.2, 0) is 19.8 Å². The topological polar surface area (TPSA) is 114 Å². The van der Waals surface area contributed by atoms with E-state index in [0.717, 1.165) is 43.4 Å². The molecule has 1 aromatic rings. The molecule has 8 nitrogen and oxygen atoms in total. The summed E-state index contributed by atoms with van der Waals surface area (Å²) < 4.78 is 0. The Kier molecular flexibility index (Phi) is 7.74. The molecule has 2 heterocycles. The smallest absolute Gasteiger partial charge is 0.246 e. The lowest BCUT2D eigenvalue weighted by atomic mass is 9.80. The lowest BCUT2D eigenvalue weighted by Crippen LogP contribution is -2.56. The molecule has 2 saturated carbocycles. The number of benzene rings is 1. The fourth-order valence-corrected chi connectivity index (χ4v) is 6.76. The molecular formula is C31H43N5O3. The molecule has 1 spiro atoms. The zero-order valence-electron chi connectivity index (χ0n) is 23.6. The minimum Gasteiger partial charge on any atom is -0.343 e. The van der Waals surface area contributed by atoms with Crippen molar-refractivity contribution < 1.29 is 14.4 Å². The van der Waals surface area contributed by atoms with Crippen molar-refractivity contribution in [3.05, 3.63) is 29.8 Å². The fraction of sp³-hybridized carbons (Fsp3) is 0.677. The minimum atomic E-state index is -0.944. The van der Waals surface area contributed by atoms with E-state index in [1.165, 1.54) is 19.3 Å². The largest absolute Gasteiger partial charge is 0.343 e. The Bertz CT molecular complexity index is 1140. The second-order valence-corrected chi connectivity index (χ2v) is 13.5. The standard InChI is InChI=1S/C31H43N5O3/c1-30(2,3)17-26(34-27(37)25(15-20-13-14-20)33-21-9-5-4-6-10-21)28(38)36-19-31(16-22(36)18-32)23-11-7-8-12-24(23)35-29(31)39/h7-8,11-12,20-22,25-26,33H,4-6,9-10,13-17,19H2,1-3H3,(H,34,37)(H,35,39)/t22-,25-,26-,31-/m0/s1. The Morgan fingerprint density at radius 2 is 1.85 bits per heavy atom. The monoisotopic (exact) mass is 533 g/mol. The van der Waals surface area contributed by atoms with Gasteiger partial charge in [0.2, 0.25) is 17.7 Å². The number of nitrogens with one attached hydrogen (secondary N) is 3. The molecule has 2 aliphatic carbocycles. The zero-order chi connectivity index (χ0) is 27.8. The van der Waals surface area contributed by atoms with Crippen LogP contribution in [0.2, 0.25) is 0 Å². The number of rotatable bonds is 8. The van der Waals surface area contributed by atoms with Crippen molar-refractivity contribution in [3.63, 3.8) is 0 Å². The van der Waals surface area contributed by atoms with Crippen molar-refractivity contribution in [1.29, 1.82) is 5.26 Å². The lowest BCUT2D eigenvalue weighted by Gasteiger charge is -2.33. The number of amides is 3. The van der Waals surface area contributed by atoms with Crippen LogP contribution in [0.3, 0.4) is 0 Å². The zero-order valence-corrected chi connectivity index (χ0v) is 23.6. The van der Waals surface area contributed by atoms with E-state index in [0.29, 0.717) is 18.4 Å². The number of nitriles is 1. The Balaban J connectivity index is 1.36. The molecule has 1 saturated heterocycles. The van der Waals surface area contributed by atoms with Gasteiger partial charge >= 0.3 is 0 Å². The average molecular weight is 534 g/mol. The first-order valence-corrected chi connectivity index (χ1v) is 14.8. The van der Waals surface area contributed by atoms with Crippen molar-refractivity contribution in [2.75, 3.05) is 11.9 Å². The quantitative estimate of drug-likeness (QED) is 0.467. The van der Waals surface area contributed by atoms with E-state index in [4.69, 9.17) is 0 Å². The number of para-hydroxylation sites is 1. The first-order chi connectivity index (χ1) is 18.6. The highest BCUT2D eigenvalue weighted by Gasteiger charge is 2.56. The number of carbonyl (C=O) groups excluding carboxylic acids is 3. The number of hydrogen-bond acceptors (Lipinski definition) is 5. The molecular weight excluding hydrogens is 490 g/mol. The second kappa shape index (κ2) is 10.9. The van der Waals surface area contributed by atoms with Crippen molar-refractivity contribution in [2.24, 2.45) is 11.3 Å². The molecule has 8 heteroatoms. The third-order valence-electron chi connectivity index (χ3n) is 8.97. The van der Waals surface area contributed by atoms with Gasteiger partial charge < -0.3 is 20.9 Å². The number of fused-ring (bicyclic) bond motifs is 2. The molecule has 4 aliphatic rings. The molecule has 3 fully saturated rings. The molecule has 4 atom stereocenters. The third kappa shape index (κ3) is 5.99. The van der Waals surface area contributed by atoms with Gasteiger partial charge in [-0.25, -0.2) is 0 Å². The van der Waals surface area contributed by atoms with E-state index < -0.39 is 17.5 Å². The predicted molar refractivity (Wildman–Crippen MR) is 150 cm³/mol. The van der Waals surface area contributed by atoms with Gasteiger partial charge in [-0.3, -0.25) is 14.4 Å². The van der Waals surface area contributed by atoms with E-state index in [9.17, 15) is 19.6 Å². The number of likely N-dealkylation sites (tertiary alicyclic amines) is 1. The molecule has 5 rings (SSSR count). The Labute approximate surface area is 232 Å². The molecule has 1 aromatic carbocycles. The van der Waals surface area contributed by atoms with Crippen LogP contribution in [0.1, 0.15) is 90.5 Å². The number of carbonyl (C=O) groups is 3. The van der Waals surface area contributed by atoms with Gasteiger partial charge in [-0.2, -0.15) is 5.26 Å². The van der Waals surface area contributed by atoms with Crippen LogP contribution in [0.4, 0.5) is 5.69 Å². The highest BCUT2D eigenvalue weighted by molar-refractivity contribution is 6.07. The lowest BCUT2D eigenvalue weighted by molar-refractivity contribution is -0.138. The molecule has 0 unspecified atom stereocenters. The summed E-state index contributed by atoms with van der Waals surface area (Å²) in [6.45, 7) is 6.29. The highest BCUT2D eigenvalue weighted by atomic mass is 16.2. The van der Waals surface area contributed by atoms with Crippen LogP contribution < -0.4 is 16.0 Å². The van der Waals surface area contributed by atoms with Gasteiger partial charge in [0, 0.05) is 24.7 Å². The molecule has 3 amide bonds. The first kappa shape index (κ1) is 27.6. The Hall–Kier alpha value is -2.92. The van der Waals surface area contributed by atoms with Gasteiger partial charge in [-0.15, -0.1) is 0 Å². The molecule has 0 radical (unpaired) electrons. The van der Waals surface area contributed by atoms with E-state index in [1.54, 1.807) is 4.90 Å². The van der Waals surface area contributed by atoms with Crippen LogP contribution in [0.25, 0.3) is 0 Å². The van der Waals surface area contributed by atoms with Crippen LogP contribution in [0.5, 0.6) is 0 Å². The first-order valence-electron chi connectivity index (χ1n) is 14.8. The normalized spacial score (nSPS) is 26.6. The number of anilines is 1. The molecule has 2 aliphatic heterocycles. The summed E-state index contributed by atoms with van der Waals surface area (Å²) in [4.78, 5) is 42.6. The van der Waals surface area contributed by atoms with Crippen LogP contribution in [0.15, 0.2) is 24.3 Å². The number of hydrogen-bond donors (Lipinski definition) is 3. The highest BCUT2D eigenvalue weighted by Crippen LogP contribution is 2.46. The molecule has 3 N–H and O–H groups in total. The summed E-state index contributed by atoms with van der Waals surface area (Å²) in [7, 11) is 0. The molecule has 210 valence electrons. The molecule has 0 bridgehead atoms. The van der Waals surface area contributed by atoms with E-state index in [1.807, 2.05) is 24.3 Å². The van der Waals surface area contributed by atoms with Gasteiger partial charge in [0.15, 0.2) is 0 Å². The average Bonchev–Trinajstić information content (AvgIpc) is 3.57. The summed E-state index contributed by atoms with van der Waals surface area (Å²) in [6.07, 6.45) is 9.59. The third-order valence-corrected chi connectivity index (χ3v) is 8.97. The van der Waals surface area contributed by atoms with Gasteiger partial charge in [0.25, 0.3) is 0 Å². The van der Waals surface area contributed by atoms with E-state index >= 15 is 0 Å². The predicted octanol–water partition coefficient (Wildman–Crippen LogP) is 4.01. The summed E-state index contributed by atoms with van der Waals surface area (Å²) >= 11 is 0. The number of nitrogens with zero attached hydrogens (tertiary/aromatic N) is 2. The van der Waals surface area contributed by atoms with Crippen molar-refractivity contribution >= 4 is 23.4 Å². The summed E-state index contributed by atoms with van der Waals surface area (Å²) in [6, 6.07) is 8.31. The van der Waals surface area contributed by atoms with Gasteiger partial charge in [-0.1, -0.05) is 71.1 Å². The van der Waals surface area contributed by atoms with Crippen molar-refractivity contribution in [3.8, 4) is 6.07 Å². The maximum Gasteiger partial charge on any atom is 0.246 e. The minimum absolute atomic E-state index is 0.124. The Morgan fingerprint density at radius 1 is 1.13 bits per heavy atom. The van der Waals surface area contributed by atoms with Crippen LogP contribution in [-0.4, -0.2) is 53.3 Å².